The monoisotopic (exact) mass is 411 g/mol. The van der Waals surface area contributed by atoms with Crippen molar-refractivity contribution >= 4 is 44.4 Å². The fourth-order valence-corrected chi connectivity index (χ4v) is 5.35. The summed E-state index contributed by atoms with van der Waals surface area (Å²) >= 11 is 3.56. The zero-order valence-electron chi connectivity index (χ0n) is 16.6. The smallest absolute Gasteiger partial charge is 0.253 e. The van der Waals surface area contributed by atoms with E-state index in [1.165, 1.54) is 20.7 Å². The number of aromatic nitrogens is 1. The fraction of sp³-hybridized carbons (Fsp3) is 0.364. The highest BCUT2D eigenvalue weighted by atomic mass is 32.2. The minimum Gasteiger partial charge on any atom is -0.345 e. The second-order valence-electron chi connectivity index (χ2n) is 7.11. The number of amides is 1. The summed E-state index contributed by atoms with van der Waals surface area (Å²) in [5.74, 6) is 1.17. The van der Waals surface area contributed by atoms with Crippen molar-refractivity contribution in [3.63, 3.8) is 0 Å². The van der Waals surface area contributed by atoms with Gasteiger partial charge in [0.15, 0.2) is 5.13 Å². The molecule has 1 saturated heterocycles. The van der Waals surface area contributed by atoms with E-state index in [0.29, 0.717) is 0 Å². The average Bonchev–Trinajstić information content (AvgIpc) is 3.18. The Morgan fingerprint density at radius 1 is 1.04 bits per heavy atom. The molecule has 0 spiro atoms. The van der Waals surface area contributed by atoms with Crippen molar-refractivity contribution in [3.8, 4) is 0 Å². The normalized spacial score (nSPS) is 14.7. The lowest BCUT2D eigenvalue weighted by atomic mass is 10.1. The number of carbonyl (C=O) groups excluding carboxylic acids is 1. The summed E-state index contributed by atoms with van der Waals surface area (Å²) < 4.78 is 1.28. The van der Waals surface area contributed by atoms with Gasteiger partial charge in [0.25, 0.3) is 5.91 Å². The van der Waals surface area contributed by atoms with E-state index in [9.17, 15) is 4.79 Å². The number of fused-ring (bicyclic) bond motifs is 1. The van der Waals surface area contributed by atoms with Crippen LogP contribution in [0.5, 0.6) is 0 Å². The fourth-order valence-electron chi connectivity index (χ4n) is 3.53. The van der Waals surface area contributed by atoms with Crippen LogP contribution in [0, 0.1) is 13.8 Å². The molecule has 0 bridgehead atoms. The third-order valence-corrected chi connectivity index (χ3v) is 7.33. The van der Waals surface area contributed by atoms with Crippen molar-refractivity contribution in [3.05, 3.63) is 53.1 Å². The first kappa shape index (κ1) is 19.3. The molecule has 0 unspecified atom stereocenters. The van der Waals surface area contributed by atoms with Gasteiger partial charge in [-0.05, 0) is 55.0 Å². The molecule has 4 nitrogen and oxygen atoms in total. The number of benzene rings is 2. The van der Waals surface area contributed by atoms with Crippen molar-refractivity contribution in [1.82, 2.24) is 9.88 Å². The number of aryl methyl sites for hydroxylation is 2. The number of anilines is 1. The van der Waals surface area contributed by atoms with Gasteiger partial charge in [-0.1, -0.05) is 30.4 Å². The molecule has 1 aromatic heterocycles. The van der Waals surface area contributed by atoms with Gasteiger partial charge >= 0.3 is 0 Å². The lowest BCUT2D eigenvalue weighted by Crippen LogP contribution is -2.48. The highest BCUT2D eigenvalue weighted by molar-refractivity contribution is 7.99. The van der Waals surface area contributed by atoms with E-state index >= 15 is 0 Å². The van der Waals surface area contributed by atoms with Crippen LogP contribution in [0.25, 0.3) is 10.2 Å². The summed E-state index contributed by atoms with van der Waals surface area (Å²) in [4.78, 5) is 23.2. The molecule has 0 atom stereocenters. The van der Waals surface area contributed by atoms with Crippen molar-refractivity contribution in [2.45, 2.75) is 25.7 Å². The van der Waals surface area contributed by atoms with Crippen LogP contribution < -0.4 is 4.90 Å². The SMILES string of the molecule is CCSc1ccc(C(=O)N2CCN(c3nc4c(C)ccc(C)c4s3)CC2)cc1. The number of nitrogens with zero attached hydrogens (tertiary/aromatic N) is 3. The van der Waals surface area contributed by atoms with Crippen LogP contribution in [0.15, 0.2) is 41.3 Å². The van der Waals surface area contributed by atoms with Gasteiger partial charge in [0.1, 0.15) is 0 Å². The Bertz CT molecular complexity index is 950. The Labute approximate surface area is 174 Å². The van der Waals surface area contributed by atoms with Crippen LogP contribution in [0.1, 0.15) is 28.4 Å². The van der Waals surface area contributed by atoms with Gasteiger partial charge in [0, 0.05) is 36.6 Å². The second kappa shape index (κ2) is 8.13. The van der Waals surface area contributed by atoms with Gasteiger partial charge in [-0.15, -0.1) is 11.8 Å². The Morgan fingerprint density at radius 3 is 2.36 bits per heavy atom. The molecular formula is C22H25N3OS2. The standard InChI is InChI=1S/C22H25N3OS2/c1-4-27-18-9-7-17(8-10-18)21(26)24-11-13-25(14-12-24)22-23-19-15(2)5-6-16(3)20(19)28-22/h5-10H,4,11-14H2,1-3H3. The van der Waals surface area contributed by atoms with Gasteiger partial charge in [-0.3, -0.25) is 4.79 Å². The number of thioether (sulfide) groups is 1. The summed E-state index contributed by atoms with van der Waals surface area (Å²) in [5, 5.41) is 1.07. The van der Waals surface area contributed by atoms with Crippen LogP contribution in [0.2, 0.25) is 0 Å². The molecule has 0 aliphatic carbocycles. The first-order valence-corrected chi connectivity index (χ1v) is 11.5. The zero-order chi connectivity index (χ0) is 19.7. The minimum atomic E-state index is 0.128. The third kappa shape index (κ3) is 3.76. The number of carbonyl (C=O) groups is 1. The molecule has 0 saturated carbocycles. The molecule has 1 aliphatic rings. The van der Waals surface area contributed by atoms with Crippen LogP contribution >= 0.6 is 23.1 Å². The highest BCUT2D eigenvalue weighted by Gasteiger charge is 2.24. The molecule has 3 aromatic rings. The van der Waals surface area contributed by atoms with E-state index in [0.717, 1.165) is 48.1 Å². The molecule has 6 heteroatoms. The first-order valence-electron chi connectivity index (χ1n) is 9.70. The van der Waals surface area contributed by atoms with Crippen molar-refractivity contribution in [1.29, 1.82) is 0 Å². The zero-order valence-corrected chi connectivity index (χ0v) is 18.2. The second-order valence-corrected chi connectivity index (χ2v) is 9.43. The van der Waals surface area contributed by atoms with Crippen molar-refractivity contribution in [2.24, 2.45) is 0 Å². The summed E-state index contributed by atoms with van der Waals surface area (Å²) in [5.41, 5.74) is 4.40. The molecule has 1 fully saturated rings. The van der Waals surface area contributed by atoms with E-state index in [1.807, 2.05) is 29.2 Å². The van der Waals surface area contributed by atoms with Gasteiger partial charge in [-0.25, -0.2) is 4.98 Å². The van der Waals surface area contributed by atoms with E-state index < -0.39 is 0 Å². The van der Waals surface area contributed by atoms with E-state index in [4.69, 9.17) is 4.98 Å². The molecule has 1 aliphatic heterocycles. The van der Waals surface area contributed by atoms with Crippen molar-refractivity contribution < 1.29 is 4.79 Å². The number of piperazine rings is 1. The summed E-state index contributed by atoms with van der Waals surface area (Å²) in [6.07, 6.45) is 0. The largest absolute Gasteiger partial charge is 0.345 e. The van der Waals surface area contributed by atoms with Gasteiger partial charge in [0.05, 0.1) is 10.2 Å². The number of thiazole rings is 1. The lowest BCUT2D eigenvalue weighted by Gasteiger charge is -2.34. The van der Waals surface area contributed by atoms with E-state index in [2.05, 4.69) is 37.8 Å². The van der Waals surface area contributed by atoms with Gasteiger partial charge < -0.3 is 9.80 Å². The molecule has 146 valence electrons. The van der Waals surface area contributed by atoms with Crippen molar-refractivity contribution in [2.75, 3.05) is 36.8 Å². The van der Waals surface area contributed by atoms with Gasteiger partial charge in [-0.2, -0.15) is 0 Å². The van der Waals surface area contributed by atoms with E-state index in [1.54, 1.807) is 23.1 Å². The first-order chi connectivity index (χ1) is 13.6. The van der Waals surface area contributed by atoms with Crippen LogP contribution in [0.3, 0.4) is 0 Å². The Morgan fingerprint density at radius 2 is 1.71 bits per heavy atom. The van der Waals surface area contributed by atoms with Crippen LogP contribution in [-0.2, 0) is 0 Å². The van der Waals surface area contributed by atoms with Crippen LogP contribution in [-0.4, -0.2) is 47.7 Å². The summed E-state index contributed by atoms with van der Waals surface area (Å²) in [6, 6.07) is 12.3. The number of hydrogen-bond donors (Lipinski definition) is 0. The molecule has 0 N–H and O–H groups in total. The molecular weight excluding hydrogens is 386 g/mol. The number of hydrogen-bond acceptors (Lipinski definition) is 5. The maximum atomic E-state index is 12.8. The Balaban J connectivity index is 1.43. The average molecular weight is 412 g/mol. The number of rotatable bonds is 4. The molecule has 28 heavy (non-hydrogen) atoms. The third-order valence-electron chi connectivity index (χ3n) is 5.18. The molecule has 2 aromatic carbocycles. The topological polar surface area (TPSA) is 36.4 Å². The Hall–Kier alpha value is -2.05. The highest BCUT2D eigenvalue weighted by Crippen LogP contribution is 2.33. The van der Waals surface area contributed by atoms with E-state index in [-0.39, 0.29) is 5.91 Å². The Kier molecular flexibility index (Phi) is 5.60. The minimum absolute atomic E-state index is 0.128. The maximum absolute atomic E-state index is 12.8. The van der Waals surface area contributed by atoms with Gasteiger partial charge in [0.2, 0.25) is 0 Å². The summed E-state index contributed by atoms with van der Waals surface area (Å²) in [6.45, 7) is 9.52. The maximum Gasteiger partial charge on any atom is 0.253 e. The molecule has 1 amide bonds. The predicted octanol–water partition coefficient (Wildman–Crippen LogP) is 4.99. The summed E-state index contributed by atoms with van der Waals surface area (Å²) in [7, 11) is 0. The molecule has 2 heterocycles. The molecule has 4 rings (SSSR count). The quantitative estimate of drug-likeness (QED) is 0.567. The lowest BCUT2D eigenvalue weighted by molar-refractivity contribution is 0.0746. The van der Waals surface area contributed by atoms with Crippen LogP contribution in [0.4, 0.5) is 5.13 Å². The molecule has 0 radical (unpaired) electrons. The predicted molar refractivity (Wildman–Crippen MR) is 120 cm³/mol.